The van der Waals surface area contributed by atoms with E-state index in [0.717, 1.165) is 32.1 Å². The number of aliphatic hydroxyl groups is 1. The van der Waals surface area contributed by atoms with Gasteiger partial charge in [0, 0.05) is 18.3 Å². The van der Waals surface area contributed by atoms with E-state index in [0.29, 0.717) is 36.5 Å². The monoisotopic (exact) mass is 336 g/mol. The van der Waals surface area contributed by atoms with Gasteiger partial charge < -0.3 is 10.2 Å². The fourth-order valence-corrected chi connectivity index (χ4v) is 6.80. The van der Waals surface area contributed by atoms with E-state index in [1.807, 2.05) is 13.8 Å². The van der Waals surface area contributed by atoms with E-state index >= 15 is 0 Å². The van der Waals surface area contributed by atoms with Crippen LogP contribution in [0.15, 0.2) is 0 Å². The zero-order valence-corrected chi connectivity index (χ0v) is 15.3. The smallest absolute Gasteiger partial charge is 0.303 e. The average molecular weight is 336 g/mol. The van der Waals surface area contributed by atoms with Crippen molar-refractivity contribution in [1.82, 2.24) is 0 Å². The van der Waals surface area contributed by atoms with Crippen molar-refractivity contribution in [2.45, 2.75) is 78.2 Å². The zero-order valence-electron chi connectivity index (χ0n) is 15.3. The normalized spacial score (nSPS) is 46.2. The van der Waals surface area contributed by atoms with Crippen molar-refractivity contribution in [3.05, 3.63) is 0 Å². The van der Waals surface area contributed by atoms with E-state index in [-0.39, 0.29) is 23.7 Å². The molecule has 3 rings (SSSR count). The number of ketones is 1. The van der Waals surface area contributed by atoms with Gasteiger partial charge in [0.25, 0.3) is 0 Å². The predicted octanol–water partition coefficient (Wildman–Crippen LogP) is 3.66. The van der Waals surface area contributed by atoms with Crippen molar-refractivity contribution in [2.24, 2.45) is 34.5 Å². The maximum atomic E-state index is 12.7. The number of aliphatic carboxylic acids is 1. The topological polar surface area (TPSA) is 74.6 Å². The van der Waals surface area contributed by atoms with Crippen LogP contribution in [0.2, 0.25) is 0 Å². The van der Waals surface area contributed by atoms with Crippen LogP contribution in [-0.4, -0.2) is 28.1 Å². The van der Waals surface area contributed by atoms with Crippen LogP contribution < -0.4 is 0 Å². The molecule has 0 heterocycles. The number of Topliss-reactive ketones (excluding diaryl/α,β-unsaturated/α-hetero) is 1. The van der Waals surface area contributed by atoms with Crippen LogP contribution >= 0.6 is 0 Å². The Kier molecular flexibility index (Phi) is 4.57. The molecular formula is C20H32O4. The maximum absolute atomic E-state index is 12.7. The summed E-state index contributed by atoms with van der Waals surface area (Å²) in [6, 6.07) is 0. The second kappa shape index (κ2) is 6.12. The molecule has 3 aliphatic carbocycles. The van der Waals surface area contributed by atoms with Crippen molar-refractivity contribution >= 4 is 11.8 Å². The van der Waals surface area contributed by atoms with Gasteiger partial charge in [0.15, 0.2) is 0 Å². The van der Waals surface area contributed by atoms with Gasteiger partial charge in [-0.2, -0.15) is 0 Å². The molecule has 0 amide bonds. The van der Waals surface area contributed by atoms with Crippen molar-refractivity contribution in [3.63, 3.8) is 0 Å². The third-order valence-electron chi connectivity index (χ3n) is 8.11. The number of carbonyl (C=O) groups is 2. The Bertz CT molecular complexity index is 528. The number of rotatable bonds is 4. The molecule has 0 aromatic heterocycles. The lowest BCUT2D eigenvalue weighted by Crippen LogP contribution is -2.53. The number of carboxylic acid groups (broad SMARTS) is 1. The standard InChI is InChI=1S/C20H32O4/c1-12(21)14-5-6-15-13-4-7-17(22)20(3,11-9-18(23)24)16(13)8-10-19(14,15)2/h12-16,21H,4-11H2,1-3H3,(H,23,24)/t12-,13-,14+,15+,16-,19-,20+/m1/s1. The Morgan fingerprint density at radius 3 is 2.54 bits per heavy atom. The lowest BCUT2D eigenvalue weighted by molar-refractivity contribution is -0.149. The van der Waals surface area contributed by atoms with E-state index in [2.05, 4.69) is 6.92 Å². The Morgan fingerprint density at radius 1 is 1.21 bits per heavy atom. The van der Waals surface area contributed by atoms with Gasteiger partial charge >= 0.3 is 5.97 Å². The number of aliphatic hydroxyl groups excluding tert-OH is 1. The third kappa shape index (κ3) is 2.61. The predicted molar refractivity (Wildman–Crippen MR) is 91.4 cm³/mol. The molecule has 0 unspecified atom stereocenters. The van der Waals surface area contributed by atoms with Gasteiger partial charge in [0.2, 0.25) is 0 Å². The molecule has 7 atom stereocenters. The number of carbonyl (C=O) groups excluding carboxylic acids is 1. The molecule has 0 spiro atoms. The van der Waals surface area contributed by atoms with Crippen molar-refractivity contribution < 1.29 is 19.8 Å². The summed E-state index contributed by atoms with van der Waals surface area (Å²) in [5.41, 5.74) is -0.283. The highest BCUT2D eigenvalue weighted by molar-refractivity contribution is 5.86. The lowest BCUT2D eigenvalue weighted by atomic mass is 9.48. The molecule has 0 bridgehead atoms. The fourth-order valence-electron chi connectivity index (χ4n) is 6.80. The summed E-state index contributed by atoms with van der Waals surface area (Å²) >= 11 is 0. The van der Waals surface area contributed by atoms with Crippen LogP contribution in [0.3, 0.4) is 0 Å². The van der Waals surface area contributed by atoms with Crippen LogP contribution in [0, 0.1) is 34.5 Å². The van der Waals surface area contributed by atoms with Crippen molar-refractivity contribution in [1.29, 1.82) is 0 Å². The molecule has 3 aliphatic rings. The molecule has 0 aromatic carbocycles. The summed E-state index contributed by atoms with van der Waals surface area (Å²) in [5.74, 6) is 1.26. The minimum atomic E-state index is -0.804. The third-order valence-corrected chi connectivity index (χ3v) is 8.11. The quantitative estimate of drug-likeness (QED) is 0.821. The largest absolute Gasteiger partial charge is 0.481 e. The van der Waals surface area contributed by atoms with Crippen LogP contribution in [0.4, 0.5) is 0 Å². The highest BCUT2D eigenvalue weighted by Crippen LogP contribution is 2.65. The van der Waals surface area contributed by atoms with Gasteiger partial charge in [0.05, 0.1) is 6.10 Å². The molecule has 24 heavy (non-hydrogen) atoms. The van der Waals surface area contributed by atoms with Crippen molar-refractivity contribution in [2.75, 3.05) is 0 Å². The highest BCUT2D eigenvalue weighted by atomic mass is 16.4. The van der Waals surface area contributed by atoms with Gasteiger partial charge in [-0.1, -0.05) is 13.8 Å². The van der Waals surface area contributed by atoms with Crippen LogP contribution in [0.1, 0.15) is 72.1 Å². The Morgan fingerprint density at radius 2 is 1.92 bits per heavy atom. The summed E-state index contributed by atoms with van der Waals surface area (Å²) in [5, 5.41) is 19.3. The van der Waals surface area contributed by atoms with E-state index in [9.17, 15) is 14.7 Å². The molecule has 2 N–H and O–H groups in total. The van der Waals surface area contributed by atoms with Crippen LogP contribution in [0.25, 0.3) is 0 Å². The summed E-state index contributed by atoms with van der Waals surface area (Å²) in [7, 11) is 0. The maximum Gasteiger partial charge on any atom is 0.303 e. The average Bonchev–Trinajstić information content (AvgIpc) is 2.86. The summed E-state index contributed by atoms with van der Waals surface area (Å²) < 4.78 is 0. The Balaban J connectivity index is 1.86. The number of fused-ring (bicyclic) bond motifs is 3. The highest BCUT2D eigenvalue weighted by Gasteiger charge is 2.59. The number of hydrogen-bond acceptors (Lipinski definition) is 3. The fraction of sp³-hybridized carbons (Fsp3) is 0.900. The molecule has 3 saturated carbocycles. The molecule has 3 fully saturated rings. The van der Waals surface area contributed by atoms with Gasteiger partial charge in [-0.05, 0) is 74.5 Å². The molecule has 4 nitrogen and oxygen atoms in total. The molecule has 0 saturated heterocycles. The van der Waals surface area contributed by atoms with E-state index in [1.54, 1.807) is 0 Å². The van der Waals surface area contributed by atoms with Gasteiger partial charge in [-0.15, -0.1) is 0 Å². The second-order valence-corrected chi connectivity index (χ2v) is 9.12. The van der Waals surface area contributed by atoms with E-state index < -0.39 is 11.4 Å². The molecule has 0 radical (unpaired) electrons. The Labute approximate surface area is 145 Å². The van der Waals surface area contributed by atoms with Crippen LogP contribution in [0.5, 0.6) is 0 Å². The van der Waals surface area contributed by atoms with Gasteiger partial charge in [0.1, 0.15) is 5.78 Å². The van der Waals surface area contributed by atoms with Gasteiger partial charge in [-0.25, -0.2) is 0 Å². The van der Waals surface area contributed by atoms with Crippen molar-refractivity contribution in [3.8, 4) is 0 Å². The van der Waals surface area contributed by atoms with E-state index in [4.69, 9.17) is 5.11 Å². The molecule has 4 heteroatoms. The van der Waals surface area contributed by atoms with E-state index in [1.165, 1.54) is 0 Å². The Hall–Kier alpha value is -0.900. The lowest BCUT2D eigenvalue weighted by Gasteiger charge is -2.56. The first-order chi connectivity index (χ1) is 11.2. The molecule has 136 valence electrons. The SMILES string of the molecule is C[C@@H](O)[C@@H]1CC[C@H]2[C@H]3CCC(=O)[C@@](C)(CCC(=O)O)[C@@H]3CC[C@@]21C. The molecular weight excluding hydrogens is 304 g/mol. The summed E-state index contributed by atoms with van der Waals surface area (Å²) in [6.07, 6.45) is 6.16. The van der Waals surface area contributed by atoms with Gasteiger partial charge in [-0.3, -0.25) is 9.59 Å². The molecule has 0 aromatic rings. The first-order valence-electron chi connectivity index (χ1n) is 9.63. The first-order valence-corrected chi connectivity index (χ1v) is 9.63. The summed E-state index contributed by atoms with van der Waals surface area (Å²) in [4.78, 5) is 23.8. The number of carboxylic acids is 1. The summed E-state index contributed by atoms with van der Waals surface area (Å²) in [6.45, 7) is 6.30. The first kappa shape index (κ1) is 17.9. The number of hydrogen-bond donors (Lipinski definition) is 2. The second-order valence-electron chi connectivity index (χ2n) is 9.12. The minimum absolute atomic E-state index is 0.0870. The molecule has 0 aliphatic heterocycles. The zero-order chi connectivity index (χ0) is 17.7. The van der Waals surface area contributed by atoms with Crippen LogP contribution in [-0.2, 0) is 9.59 Å². The minimum Gasteiger partial charge on any atom is -0.481 e.